The molecule has 2 N–H and O–H groups in total. The molecule has 0 saturated carbocycles. The summed E-state index contributed by atoms with van der Waals surface area (Å²) in [6.07, 6.45) is 0. The van der Waals surface area contributed by atoms with Crippen molar-refractivity contribution in [2.45, 2.75) is 17.9 Å². The van der Waals surface area contributed by atoms with Crippen LogP contribution >= 0.6 is 11.3 Å². The molecule has 11 heteroatoms. The van der Waals surface area contributed by atoms with Crippen molar-refractivity contribution in [2.24, 2.45) is 0 Å². The van der Waals surface area contributed by atoms with Crippen LogP contribution in [0, 0.1) is 0 Å². The summed E-state index contributed by atoms with van der Waals surface area (Å²) >= 11 is 0.958. The van der Waals surface area contributed by atoms with Crippen molar-refractivity contribution in [3.8, 4) is 0 Å². The van der Waals surface area contributed by atoms with Gasteiger partial charge in [0.1, 0.15) is 6.04 Å². The molecule has 1 saturated heterocycles. The zero-order valence-electron chi connectivity index (χ0n) is 17.3. The van der Waals surface area contributed by atoms with Crippen molar-refractivity contribution in [1.29, 1.82) is 0 Å². The molecule has 0 radical (unpaired) electrons. The SMILES string of the molecule is C[C@H](NC(=O)c1ccccc1)C(=O)N1CCN(S(=O)(=O)c2ccc3[nH]c(=O)sc3c2)CC1. The van der Waals surface area contributed by atoms with Gasteiger partial charge in [0, 0.05) is 31.7 Å². The molecule has 0 spiro atoms. The molecule has 1 aliphatic heterocycles. The molecule has 3 aromatic rings. The second kappa shape index (κ2) is 8.85. The summed E-state index contributed by atoms with van der Waals surface area (Å²) in [7, 11) is -3.75. The van der Waals surface area contributed by atoms with E-state index in [9.17, 15) is 22.8 Å². The lowest BCUT2D eigenvalue weighted by molar-refractivity contribution is -0.134. The van der Waals surface area contributed by atoms with Gasteiger partial charge >= 0.3 is 4.87 Å². The highest BCUT2D eigenvalue weighted by Crippen LogP contribution is 2.23. The number of sulfonamides is 1. The Balaban J connectivity index is 1.38. The topological polar surface area (TPSA) is 120 Å². The molecule has 168 valence electrons. The zero-order valence-corrected chi connectivity index (χ0v) is 18.9. The van der Waals surface area contributed by atoms with Gasteiger partial charge in [0.05, 0.1) is 15.1 Å². The molecule has 4 rings (SSSR count). The van der Waals surface area contributed by atoms with Crippen LogP contribution in [0.15, 0.2) is 58.2 Å². The largest absolute Gasteiger partial charge is 0.341 e. The molecular weight excluding hydrogens is 452 g/mol. The van der Waals surface area contributed by atoms with Crippen molar-refractivity contribution >= 4 is 43.4 Å². The number of nitrogens with zero attached hydrogens (tertiary/aromatic N) is 2. The van der Waals surface area contributed by atoms with E-state index >= 15 is 0 Å². The van der Waals surface area contributed by atoms with E-state index in [1.807, 2.05) is 0 Å². The Morgan fingerprint density at radius 2 is 1.75 bits per heavy atom. The summed E-state index contributed by atoms with van der Waals surface area (Å²) < 4.78 is 28.0. The lowest BCUT2D eigenvalue weighted by Gasteiger charge is -2.35. The summed E-state index contributed by atoms with van der Waals surface area (Å²) in [6.45, 7) is 2.36. The standard InChI is InChI=1S/C21H22N4O5S2/c1-14(22-19(26)15-5-3-2-4-6-15)20(27)24-9-11-25(12-10-24)32(29,30)16-7-8-17-18(13-16)31-21(28)23-17/h2-8,13-14H,9-12H2,1H3,(H,22,26)(H,23,28)/t14-/m0/s1. The first kappa shape index (κ1) is 22.2. The van der Waals surface area contributed by atoms with Crippen LogP contribution in [-0.2, 0) is 14.8 Å². The first-order valence-corrected chi connectivity index (χ1v) is 12.3. The first-order valence-electron chi connectivity index (χ1n) is 10.0. The molecule has 2 heterocycles. The molecule has 2 aromatic carbocycles. The molecule has 1 atom stereocenters. The number of aromatic nitrogens is 1. The number of benzene rings is 2. The van der Waals surface area contributed by atoms with Crippen molar-refractivity contribution in [1.82, 2.24) is 19.5 Å². The number of nitrogens with one attached hydrogen (secondary N) is 2. The number of carbonyl (C=O) groups is 2. The predicted octanol–water partition coefficient (Wildman–Crippen LogP) is 1.24. The number of fused-ring (bicyclic) bond motifs is 1. The van der Waals surface area contributed by atoms with E-state index in [0.717, 1.165) is 11.3 Å². The van der Waals surface area contributed by atoms with Crippen LogP contribution in [-0.4, -0.2) is 66.6 Å². The molecule has 1 aliphatic rings. The van der Waals surface area contributed by atoms with Gasteiger partial charge in [0.15, 0.2) is 0 Å². The number of rotatable bonds is 5. The van der Waals surface area contributed by atoms with E-state index in [0.29, 0.717) is 15.8 Å². The van der Waals surface area contributed by atoms with Gasteiger partial charge in [-0.15, -0.1) is 0 Å². The smallest absolute Gasteiger partial charge is 0.305 e. The van der Waals surface area contributed by atoms with Crippen LogP contribution in [0.2, 0.25) is 0 Å². The van der Waals surface area contributed by atoms with E-state index < -0.39 is 16.1 Å². The highest BCUT2D eigenvalue weighted by atomic mass is 32.2. The minimum Gasteiger partial charge on any atom is -0.341 e. The summed E-state index contributed by atoms with van der Waals surface area (Å²) in [6, 6.07) is 12.4. The van der Waals surface area contributed by atoms with Crippen LogP contribution in [0.3, 0.4) is 0 Å². The molecule has 1 aromatic heterocycles. The minimum atomic E-state index is -3.75. The maximum Gasteiger partial charge on any atom is 0.305 e. The van der Waals surface area contributed by atoms with Crippen LogP contribution < -0.4 is 10.2 Å². The molecule has 0 aliphatic carbocycles. The Labute approximate surface area is 188 Å². The van der Waals surface area contributed by atoms with Crippen LogP contribution in [0.25, 0.3) is 10.2 Å². The van der Waals surface area contributed by atoms with E-state index in [-0.39, 0.29) is 47.8 Å². The van der Waals surface area contributed by atoms with Crippen LogP contribution in [0.1, 0.15) is 17.3 Å². The van der Waals surface area contributed by atoms with Crippen molar-refractivity contribution in [3.63, 3.8) is 0 Å². The van der Waals surface area contributed by atoms with Gasteiger partial charge in [0.2, 0.25) is 15.9 Å². The summed E-state index contributed by atoms with van der Waals surface area (Å²) in [5.41, 5.74) is 1.06. The number of carbonyl (C=O) groups excluding carboxylic acids is 2. The number of hydrogen-bond acceptors (Lipinski definition) is 6. The maximum atomic E-state index is 13.0. The van der Waals surface area contributed by atoms with Gasteiger partial charge in [-0.3, -0.25) is 14.4 Å². The van der Waals surface area contributed by atoms with Gasteiger partial charge in [-0.1, -0.05) is 29.5 Å². The second-order valence-electron chi connectivity index (χ2n) is 7.46. The molecule has 0 bridgehead atoms. The Hall–Kier alpha value is -3.02. The van der Waals surface area contributed by atoms with Crippen molar-refractivity contribution in [2.75, 3.05) is 26.2 Å². The van der Waals surface area contributed by atoms with Gasteiger partial charge in [-0.25, -0.2) is 8.42 Å². The van der Waals surface area contributed by atoms with Gasteiger partial charge in [-0.2, -0.15) is 4.31 Å². The average molecular weight is 475 g/mol. The summed E-state index contributed by atoms with van der Waals surface area (Å²) in [4.78, 5) is 40.6. The maximum absolute atomic E-state index is 13.0. The molecule has 1 fully saturated rings. The van der Waals surface area contributed by atoms with Gasteiger partial charge < -0.3 is 15.2 Å². The lowest BCUT2D eigenvalue weighted by Crippen LogP contribution is -2.55. The lowest BCUT2D eigenvalue weighted by atomic mass is 10.2. The second-order valence-corrected chi connectivity index (χ2v) is 10.4. The number of piperazine rings is 1. The minimum absolute atomic E-state index is 0.114. The van der Waals surface area contributed by atoms with Gasteiger partial charge in [0.25, 0.3) is 5.91 Å². The number of hydrogen-bond donors (Lipinski definition) is 2. The van der Waals surface area contributed by atoms with Gasteiger partial charge in [-0.05, 0) is 37.3 Å². The third kappa shape index (κ3) is 4.45. The molecule has 32 heavy (non-hydrogen) atoms. The van der Waals surface area contributed by atoms with Crippen molar-refractivity contribution in [3.05, 3.63) is 63.8 Å². The summed E-state index contributed by atoms with van der Waals surface area (Å²) in [5.74, 6) is -0.597. The third-order valence-electron chi connectivity index (χ3n) is 5.33. The van der Waals surface area contributed by atoms with E-state index in [2.05, 4.69) is 10.3 Å². The molecular formula is C21H22N4O5S2. The number of amides is 2. The highest BCUT2D eigenvalue weighted by Gasteiger charge is 2.32. The third-order valence-corrected chi connectivity index (χ3v) is 8.07. The zero-order chi connectivity index (χ0) is 22.9. The molecule has 9 nitrogen and oxygen atoms in total. The monoisotopic (exact) mass is 474 g/mol. The Morgan fingerprint density at radius 1 is 1.06 bits per heavy atom. The summed E-state index contributed by atoms with van der Waals surface area (Å²) in [5, 5.41) is 2.69. The number of H-pyrrole nitrogens is 1. The number of thiazole rings is 1. The Kier molecular flexibility index (Phi) is 6.13. The molecule has 2 amide bonds. The molecule has 0 unspecified atom stereocenters. The van der Waals surface area contributed by atoms with E-state index in [4.69, 9.17) is 0 Å². The first-order chi connectivity index (χ1) is 15.3. The van der Waals surface area contributed by atoms with E-state index in [1.165, 1.54) is 16.4 Å². The van der Waals surface area contributed by atoms with Crippen molar-refractivity contribution < 1.29 is 18.0 Å². The highest BCUT2D eigenvalue weighted by molar-refractivity contribution is 7.89. The van der Waals surface area contributed by atoms with E-state index in [1.54, 1.807) is 48.2 Å². The fourth-order valence-electron chi connectivity index (χ4n) is 3.59. The van der Waals surface area contributed by atoms with Crippen LogP contribution in [0.5, 0.6) is 0 Å². The Morgan fingerprint density at radius 3 is 2.44 bits per heavy atom. The predicted molar refractivity (Wildman–Crippen MR) is 121 cm³/mol. The normalized spacial score (nSPS) is 16.1. The number of aromatic amines is 1. The fraction of sp³-hybridized carbons (Fsp3) is 0.286. The average Bonchev–Trinajstić information content (AvgIpc) is 3.18. The quantitative estimate of drug-likeness (QED) is 0.577. The fourth-order valence-corrected chi connectivity index (χ4v) is 5.89. The Bertz CT molecular complexity index is 1310. The van der Waals surface area contributed by atoms with Crippen LogP contribution in [0.4, 0.5) is 0 Å².